The molecule has 0 aliphatic rings. The summed E-state index contributed by atoms with van der Waals surface area (Å²) in [5.74, 6) is -0.921. The van der Waals surface area contributed by atoms with E-state index in [1.165, 1.54) is 19.2 Å². The number of benzene rings is 2. The average molecular weight is 434 g/mol. The Hall–Kier alpha value is -2.92. The van der Waals surface area contributed by atoms with E-state index in [9.17, 15) is 28.1 Å². The SMILES string of the molecule is COc1ccc(C(=O)NC(=S)Nc2cc(Cl)ccc2C(F)(F)F)cc1[N+](=O)[O-]. The molecule has 0 aliphatic heterocycles. The number of thiocarbonyl (C=S) groups is 1. The third-order valence-electron chi connectivity index (χ3n) is 3.40. The second-order valence-electron chi connectivity index (χ2n) is 5.24. The lowest BCUT2D eigenvalue weighted by molar-refractivity contribution is -0.385. The minimum Gasteiger partial charge on any atom is -0.490 e. The zero-order valence-corrected chi connectivity index (χ0v) is 15.5. The van der Waals surface area contributed by atoms with Crippen LogP contribution in [-0.4, -0.2) is 23.1 Å². The van der Waals surface area contributed by atoms with Crippen LogP contribution in [0.1, 0.15) is 15.9 Å². The van der Waals surface area contributed by atoms with Gasteiger partial charge >= 0.3 is 11.9 Å². The smallest absolute Gasteiger partial charge is 0.418 e. The van der Waals surface area contributed by atoms with Crippen molar-refractivity contribution in [3.05, 3.63) is 62.7 Å². The maximum Gasteiger partial charge on any atom is 0.418 e. The predicted octanol–water partition coefficient (Wildman–Crippen LogP) is 4.40. The van der Waals surface area contributed by atoms with Crippen molar-refractivity contribution in [2.45, 2.75) is 6.18 Å². The van der Waals surface area contributed by atoms with Gasteiger partial charge in [-0.25, -0.2) is 0 Å². The van der Waals surface area contributed by atoms with E-state index < -0.39 is 39.1 Å². The van der Waals surface area contributed by atoms with E-state index in [1.807, 2.05) is 0 Å². The summed E-state index contributed by atoms with van der Waals surface area (Å²) in [6.07, 6.45) is -4.68. The summed E-state index contributed by atoms with van der Waals surface area (Å²) in [6, 6.07) is 6.24. The van der Waals surface area contributed by atoms with E-state index in [2.05, 4.69) is 10.6 Å². The predicted molar refractivity (Wildman–Crippen MR) is 99.8 cm³/mol. The molecule has 0 fully saturated rings. The summed E-state index contributed by atoms with van der Waals surface area (Å²) in [7, 11) is 1.23. The zero-order chi connectivity index (χ0) is 21.1. The van der Waals surface area contributed by atoms with Crippen LogP contribution in [-0.2, 0) is 6.18 Å². The molecule has 148 valence electrons. The highest BCUT2D eigenvalue weighted by Gasteiger charge is 2.33. The van der Waals surface area contributed by atoms with Gasteiger partial charge in [0, 0.05) is 16.7 Å². The third-order valence-corrected chi connectivity index (χ3v) is 3.84. The molecule has 0 heterocycles. The first kappa shape index (κ1) is 21.4. The van der Waals surface area contributed by atoms with Crippen LogP contribution in [0.4, 0.5) is 24.5 Å². The van der Waals surface area contributed by atoms with Crippen molar-refractivity contribution in [3.8, 4) is 5.75 Å². The molecule has 2 aromatic carbocycles. The number of nitro benzene ring substituents is 1. The molecule has 28 heavy (non-hydrogen) atoms. The Balaban J connectivity index is 2.21. The van der Waals surface area contributed by atoms with Crippen LogP contribution in [0, 0.1) is 10.1 Å². The fraction of sp³-hybridized carbons (Fsp3) is 0.125. The van der Waals surface area contributed by atoms with Crippen molar-refractivity contribution >= 4 is 46.2 Å². The number of methoxy groups -OCH3 is 1. The lowest BCUT2D eigenvalue weighted by atomic mass is 10.1. The van der Waals surface area contributed by atoms with Crippen LogP contribution < -0.4 is 15.4 Å². The largest absolute Gasteiger partial charge is 0.490 e. The average Bonchev–Trinajstić information content (AvgIpc) is 2.59. The van der Waals surface area contributed by atoms with Gasteiger partial charge in [-0.1, -0.05) is 11.6 Å². The van der Waals surface area contributed by atoms with Gasteiger partial charge in [0.25, 0.3) is 5.91 Å². The number of carbonyl (C=O) groups is 1. The molecule has 7 nitrogen and oxygen atoms in total. The summed E-state index contributed by atoms with van der Waals surface area (Å²) in [4.78, 5) is 22.5. The lowest BCUT2D eigenvalue weighted by Crippen LogP contribution is -2.34. The molecule has 0 spiro atoms. The minimum absolute atomic E-state index is 0.0235. The van der Waals surface area contributed by atoms with Crippen LogP contribution >= 0.6 is 23.8 Å². The molecule has 0 saturated carbocycles. The van der Waals surface area contributed by atoms with E-state index in [4.69, 9.17) is 28.6 Å². The number of nitrogens with one attached hydrogen (secondary N) is 2. The summed E-state index contributed by atoms with van der Waals surface area (Å²) in [5, 5.41) is 15.0. The fourth-order valence-corrected chi connectivity index (χ4v) is 2.54. The van der Waals surface area contributed by atoms with Crippen molar-refractivity contribution in [1.82, 2.24) is 5.32 Å². The number of amides is 1. The van der Waals surface area contributed by atoms with Crippen molar-refractivity contribution < 1.29 is 27.6 Å². The first-order valence-electron chi connectivity index (χ1n) is 7.34. The van der Waals surface area contributed by atoms with E-state index in [0.717, 1.165) is 24.3 Å². The molecular formula is C16H11ClF3N3O4S. The van der Waals surface area contributed by atoms with Gasteiger partial charge < -0.3 is 10.1 Å². The molecule has 1 amide bonds. The van der Waals surface area contributed by atoms with Crippen LogP contribution in [0.2, 0.25) is 5.02 Å². The first-order valence-corrected chi connectivity index (χ1v) is 8.13. The number of rotatable bonds is 4. The van der Waals surface area contributed by atoms with Gasteiger partial charge in [-0.15, -0.1) is 0 Å². The van der Waals surface area contributed by atoms with Gasteiger partial charge in [0.15, 0.2) is 10.9 Å². The molecule has 0 aliphatic carbocycles. The van der Waals surface area contributed by atoms with Gasteiger partial charge in [-0.2, -0.15) is 13.2 Å². The summed E-state index contributed by atoms with van der Waals surface area (Å²) in [6.45, 7) is 0. The number of hydrogen-bond acceptors (Lipinski definition) is 5. The number of halogens is 4. The van der Waals surface area contributed by atoms with Gasteiger partial charge in [-0.3, -0.25) is 20.2 Å². The number of nitrogens with zero attached hydrogens (tertiary/aromatic N) is 1. The number of carbonyl (C=O) groups excluding carboxylic acids is 1. The number of anilines is 1. The second kappa shape index (κ2) is 8.40. The zero-order valence-electron chi connectivity index (χ0n) is 14.0. The quantitative estimate of drug-likeness (QED) is 0.421. The Morgan fingerprint density at radius 1 is 1.25 bits per heavy atom. The summed E-state index contributed by atoms with van der Waals surface area (Å²) >= 11 is 10.6. The molecule has 0 radical (unpaired) electrons. The Morgan fingerprint density at radius 3 is 2.50 bits per heavy atom. The first-order chi connectivity index (χ1) is 13.0. The lowest BCUT2D eigenvalue weighted by Gasteiger charge is -2.16. The number of alkyl halides is 3. The molecular weight excluding hydrogens is 423 g/mol. The monoisotopic (exact) mass is 433 g/mol. The van der Waals surface area contributed by atoms with Crippen LogP contribution in [0.15, 0.2) is 36.4 Å². The number of hydrogen-bond donors (Lipinski definition) is 2. The van der Waals surface area contributed by atoms with E-state index in [-0.39, 0.29) is 16.3 Å². The highest BCUT2D eigenvalue weighted by molar-refractivity contribution is 7.80. The number of nitro groups is 1. The normalized spacial score (nSPS) is 10.9. The van der Waals surface area contributed by atoms with Crippen LogP contribution in [0.3, 0.4) is 0 Å². The molecule has 0 saturated heterocycles. The maximum atomic E-state index is 13.1. The van der Waals surface area contributed by atoms with Crippen molar-refractivity contribution in [1.29, 1.82) is 0 Å². The molecule has 2 aromatic rings. The molecule has 0 atom stereocenters. The molecule has 12 heteroatoms. The Bertz CT molecular complexity index is 953. The van der Waals surface area contributed by atoms with E-state index >= 15 is 0 Å². The standard InChI is InChI=1S/C16H11ClF3N3O4S/c1-27-13-5-2-8(6-12(13)23(25)26)14(24)22-15(28)21-11-7-9(17)3-4-10(11)16(18,19)20/h2-7H,1H3,(H2,21,22,24,28). The van der Waals surface area contributed by atoms with Gasteiger partial charge in [0.2, 0.25) is 0 Å². The topological polar surface area (TPSA) is 93.5 Å². The number of ether oxygens (including phenoxy) is 1. The highest BCUT2D eigenvalue weighted by Crippen LogP contribution is 2.36. The Labute approximate surface area is 166 Å². The van der Waals surface area contributed by atoms with E-state index in [0.29, 0.717) is 0 Å². The van der Waals surface area contributed by atoms with Crippen LogP contribution in [0.25, 0.3) is 0 Å². The highest BCUT2D eigenvalue weighted by atomic mass is 35.5. The second-order valence-corrected chi connectivity index (χ2v) is 6.08. The molecule has 2 rings (SSSR count). The third kappa shape index (κ3) is 5.08. The van der Waals surface area contributed by atoms with Crippen molar-refractivity contribution in [3.63, 3.8) is 0 Å². The Morgan fingerprint density at radius 2 is 1.93 bits per heavy atom. The molecule has 2 N–H and O–H groups in total. The minimum atomic E-state index is -4.68. The molecule has 0 aromatic heterocycles. The fourth-order valence-electron chi connectivity index (χ4n) is 2.17. The maximum absolute atomic E-state index is 13.1. The summed E-state index contributed by atoms with van der Waals surface area (Å²) in [5.41, 5.74) is -2.08. The molecule has 0 unspecified atom stereocenters. The van der Waals surface area contributed by atoms with Gasteiger partial charge in [0.1, 0.15) is 0 Å². The molecule has 0 bridgehead atoms. The van der Waals surface area contributed by atoms with Crippen LogP contribution in [0.5, 0.6) is 5.75 Å². The summed E-state index contributed by atoms with van der Waals surface area (Å²) < 4.78 is 44.0. The Kier molecular flexibility index (Phi) is 6.41. The van der Waals surface area contributed by atoms with Crippen molar-refractivity contribution in [2.75, 3.05) is 12.4 Å². The van der Waals surface area contributed by atoms with Gasteiger partial charge in [0.05, 0.1) is 23.3 Å². The van der Waals surface area contributed by atoms with Crippen molar-refractivity contribution in [2.24, 2.45) is 0 Å². The van der Waals surface area contributed by atoms with Gasteiger partial charge in [-0.05, 0) is 42.5 Å². The van der Waals surface area contributed by atoms with E-state index in [1.54, 1.807) is 0 Å².